The molecule has 0 radical (unpaired) electrons. The summed E-state index contributed by atoms with van der Waals surface area (Å²) in [5.74, 6) is -2.99. The van der Waals surface area contributed by atoms with Gasteiger partial charge in [-0.25, -0.2) is 22.7 Å². The van der Waals surface area contributed by atoms with Crippen molar-refractivity contribution >= 4 is 26.5 Å². The number of carbonyl (C=O) groups excluding carboxylic acids is 1. The first-order chi connectivity index (χ1) is 16.3. The lowest BCUT2D eigenvalue weighted by molar-refractivity contribution is -0.131. The number of carbonyl (C=O) groups is 1. The molecule has 0 bridgehead atoms. The number of fused-ring (bicyclic) bond motifs is 1. The summed E-state index contributed by atoms with van der Waals surface area (Å²) < 4.78 is 52.9. The number of aryl methyl sites for hydroxylation is 1. The molecule has 0 aliphatic carbocycles. The average molecular weight is 508 g/mol. The number of sulfone groups is 1. The molecule has 0 aliphatic rings. The standard InChI is InChI=1S/C24H27F2N3O5S/c1-24(23(31)27-32,35(4,33)34)10-12-29-11-9-16-13-15(5-8-19(16)22(29)30)18-7-6-17(14-28(2)3)20(25)21(18)26/h5-9,11,13,32H,10,12,14H2,1-4H3,(H,27,31)/t24-/m1/s1. The number of hydrogen-bond acceptors (Lipinski definition) is 6. The summed E-state index contributed by atoms with van der Waals surface area (Å²) in [6.07, 6.45) is 2.05. The smallest absolute Gasteiger partial charge is 0.264 e. The Morgan fingerprint density at radius 2 is 1.83 bits per heavy atom. The monoisotopic (exact) mass is 507 g/mol. The molecule has 1 amide bonds. The minimum atomic E-state index is -3.91. The Morgan fingerprint density at radius 1 is 1.14 bits per heavy atom. The van der Waals surface area contributed by atoms with Gasteiger partial charge in [0, 0.05) is 42.1 Å². The molecule has 11 heteroatoms. The van der Waals surface area contributed by atoms with Gasteiger partial charge < -0.3 is 9.47 Å². The second kappa shape index (κ2) is 9.84. The molecule has 0 saturated carbocycles. The van der Waals surface area contributed by atoms with Crippen LogP contribution in [0, 0.1) is 11.6 Å². The molecule has 1 aromatic heterocycles. The van der Waals surface area contributed by atoms with Crippen molar-refractivity contribution in [1.82, 2.24) is 14.9 Å². The van der Waals surface area contributed by atoms with Gasteiger partial charge in [-0.1, -0.05) is 18.2 Å². The Balaban J connectivity index is 1.96. The van der Waals surface area contributed by atoms with Crippen LogP contribution in [0.25, 0.3) is 21.9 Å². The molecule has 0 fully saturated rings. The van der Waals surface area contributed by atoms with Crippen LogP contribution < -0.4 is 11.0 Å². The van der Waals surface area contributed by atoms with Gasteiger partial charge in [0.05, 0.1) is 0 Å². The quantitative estimate of drug-likeness (QED) is 0.359. The highest BCUT2D eigenvalue weighted by atomic mass is 32.2. The molecule has 35 heavy (non-hydrogen) atoms. The van der Waals surface area contributed by atoms with Gasteiger partial charge in [-0.05, 0) is 56.6 Å². The van der Waals surface area contributed by atoms with Crippen molar-refractivity contribution in [2.75, 3.05) is 20.4 Å². The van der Waals surface area contributed by atoms with E-state index in [2.05, 4.69) is 0 Å². The maximum atomic E-state index is 14.8. The highest BCUT2D eigenvalue weighted by molar-refractivity contribution is 7.92. The summed E-state index contributed by atoms with van der Waals surface area (Å²) >= 11 is 0. The van der Waals surface area contributed by atoms with Gasteiger partial charge in [0.1, 0.15) is 0 Å². The average Bonchev–Trinajstić information content (AvgIpc) is 2.79. The molecule has 1 heterocycles. The number of hydrogen-bond donors (Lipinski definition) is 2. The number of amides is 1. The summed E-state index contributed by atoms with van der Waals surface area (Å²) in [4.78, 5) is 26.7. The molecule has 2 N–H and O–H groups in total. The van der Waals surface area contributed by atoms with Gasteiger partial charge in [-0.2, -0.15) is 0 Å². The van der Waals surface area contributed by atoms with E-state index >= 15 is 0 Å². The third-order valence-corrected chi connectivity index (χ3v) is 8.19. The van der Waals surface area contributed by atoms with E-state index in [9.17, 15) is 26.8 Å². The molecule has 2 aromatic carbocycles. The Bertz CT molecular complexity index is 1450. The van der Waals surface area contributed by atoms with Crippen molar-refractivity contribution in [3.63, 3.8) is 0 Å². The van der Waals surface area contributed by atoms with Crippen LogP contribution in [0.2, 0.25) is 0 Å². The zero-order valence-electron chi connectivity index (χ0n) is 19.8. The molecule has 0 aliphatic heterocycles. The van der Waals surface area contributed by atoms with E-state index in [1.54, 1.807) is 31.1 Å². The van der Waals surface area contributed by atoms with E-state index in [0.717, 1.165) is 6.26 Å². The molecule has 0 saturated heterocycles. The molecule has 188 valence electrons. The Kier molecular flexibility index (Phi) is 7.44. The summed E-state index contributed by atoms with van der Waals surface area (Å²) in [7, 11) is -0.403. The summed E-state index contributed by atoms with van der Waals surface area (Å²) in [5.41, 5.74) is 1.62. The highest BCUT2D eigenvalue weighted by Crippen LogP contribution is 2.29. The van der Waals surface area contributed by atoms with Crippen LogP contribution in [0.5, 0.6) is 0 Å². The third-order valence-electron chi connectivity index (χ3n) is 6.17. The van der Waals surface area contributed by atoms with E-state index in [0.29, 0.717) is 10.9 Å². The Hall–Kier alpha value is -3.15. The topological polar surface area (TPSA) is 109 Å². The largest absolute Gasteiger partial charge is 0.315 e. The number of rotatable bonds is 8. The van der Waals surface area contributed by atoms with E-state index < -0.39 is 37.7 Å². The Labute approximate surface area is 201 Å². The molecule has 1 atom stereocenters. The summed E-state index contributed by atoms with van der Waals surface area (Å²) in [6.45, 7) is 1.31. The first kappa shape index (κ1) is 26.5. The lowest BCUT2D eigenvalue weighted by atomic mass is 9.99. The van der Waals surface area contributed by atoms with Crippen LogP contribution in [0.15, 0.2) is 47.4 Å². The highest BCUT2D eigenvalue weighted by Gasteiger charge is 2.43. The van der Waals surface area contributed by atoms with E-state index in [-0.39, 0.29) is 36.0 Å². The van der Waals surface area contributed by atoms with Gasteiger partial charge in [0.15, 0.2) is 26.2 Å². The number of halogens is 2. The van der Waals surface area contributed by atoms with Gasteiger partial charge in [-0.3, -0.25) is 14.8 Å². The SMILES string of the molecule is CN(C)Cc1ccc(-c2ccc3c(=O)n(CC[C@](C)(C(=O)NO)S(C)(=O)=O)ccc3c2)c(F)c1F. The van der Waals surface area contributed by atoms with Gasteiger partial charge in [0.2, 0.25) is 0 Å². The normalized spacial score (nSPS) is 13.7. The zero-order valence-corrected chi connectivity index (χ0v) is 20.6. The van der Waals surface area contributed by atoms with Crippen molar-refractivity contribution in [2.45, 2.75) is 31.2 Å². The summed E-state index contributed by atoms with van der Waals surface area (Å²) in [6, 6.07) is 9.19. The molecule has 3 rings (SSSR count). The van der Waals surface area contributed by atoms with Crippen LogP contribution in [-0.4, -0.2) is 54.1 Å². The number of nitrogens with one attached hydrogen (secondary N) is 1. The van der Waals surface area contributed by atoms with Gasteiger partial charge >= 0.3 is 0 Å². The molecular formula is C24H27F2N3O5S. The summed E-state index contributed by atoms with van der Waals surface area (Å²) in [5, 5.41) is 9.72. The first-order valence-corrected chi connectivity index (χ1v) is 12.6. The predicted octanol–water partition coefficient (Wildman–Crippen LogP) is 2.71. The number of benzene rings is 2. The van der Waals surface area contributed by atoms with Crippen molar-refractivity contribution in [2.24, 2.45) is 0 Å². The molecular weight excluding hydrogens is 480 g/mol. The van der Waals surface area contributed by atoms with Gasteiger partial charge in [0.25, 0.3) is 11.5 Å². The number of nitrogens with zero attached hydrogens (tertiary/aromatic N) is 2. The molecule has 0 spiro atoms. The molecule has 3 aromatic rings. The number of aromatic nitrogens is 1. The second-order valence-corrected chi connectivity index (χ2v) is 11.4. The van der Waals surface area contributed by atoms with Crippen molar-refractivity contribution in [3.05, 3.63) is 70.1 Å². The van der Waals surface area contributed by atoms with Crippen molar-refractivity contribution in [3.8, 4) is 11.1 Å². The predicted molar refractivity (Wildman–Crippen MR) is 129 cm³/mol. The zero-order chi connectivity index (χ0) is 26.1. The van der Waals surface area contributed by atoms with Crippen LogP contribution >= 0.6 is 0 Å². The van der Waals surface area contributed by atoms with Crippen molar-refractivity contribution in [1.29, 1.82) is 0 Å². The fourth-order valence-electron chi connectivity index (χ4n) is 3.83. The lowest BCUT2D eigenvalue weighted by Gasteiger charge is -2.25. The van der Waals surface area contributed by atoms with Crippen LogP contribution in [0.3, 0.4) is 0 Å². The number of hydroxylamine groups is 1. The van der Waals surface area contributed by atoms with Crippen LogP contribution in [0.4, 0.5) is 8.78 Å². The first-order valence-electron chi connectivity index (χ1n) is 10.7. The van der Waals surface area contributed by atoms with E-state index in [4.69, 9.17) is 5.21 Å². The fraction of sp³-hybridized carbons (Fsp3) is 0.333. The van der Waals surface area contributed by atoms with E-state index in [1.807, 2.05) is 0 Å². The number of pyridine rings is 1. The maximum Gasteiger partial charge on any atom is 0.264 e. The van der Waals surface area contributed by atoms with Crippen LogP contribution in [0.1, 0.15) is 18.9 Å². The maximum absolute atomic E-state index is 14.8. The minimum absolute atomic E-state index is 0.0648. The Morgan fingerprint density at radius 3 is 2.43 bits per heavy atom. The minimum Gasteiger partial charge on any atom is -0.315 e. The van der Waals surface area contributed by atoms with Gasteiger partial charge in [-0.15, -0.1) is 0 Å². The fourth-order valence-corrected chi connectivity index (χ4v) is 4.67. The third kappa shape index (κ3) is 5.12. The van der Waals surface area contributed by atoms with E-state index in [1.165, 1.54) is 47.4 Å². The molecule has 8 nitrogen and oxygen atoms in total. The van der Waals surface area contributed by atoms with Crippen molar-refractivity contribution < 1.29 is 27.2 Å². The lowest BCUT2D eigenvalue weighted by Crippen LogP contribution is -2.49. The second-order valence-electron chi connectivity index (χ2n) is 8.95. The van der Waals surface area contributed by atoms with Crippen LogP contribution in [-0.2, 0) is 27.7 Å². The molecule has 0 unspecified atom stereocenters.